The second-order valence-electron chi connectivity index (χ2n) is 6.51. The number of carboxylic acid groups (broad SMARTS) is 1. The van der Waals surface area contributed by atoms with Gasteiger partial charge in [0.05, 0.1) is 16.2 Å². The molecule has 2 aromatic rings. The summed E-state index contributed by atoms with van der Waals surface area (Å²) in [5.41, 5.74) is 2.62. The molecule has 6 heteroatoms. The summed E-state index contributed by atoms with van der Waals surface area (Å²) in [6, 6.07) is 14.6. The van der Waals surface area contributed by atoms with E-state index in [-0.39, 0.29) is 11.5 Å². The fourth-order valence-corrected chi connectivity index (χ4v) is 3.61. The molecule has 0 bridgehead atoms. The summed E-state index contributed by atoms with van der Waals surface area (Å²) < 4.78 is 0. The average Bonchev–Trinajstić information content (AvgIpc) is 2.90. The zero-order valence-electron chi connectivity index (χ0n) is 15.3. The summed E-state index contributed by atoms with van der Waals surface area (Å²) in [6.07, 6.45) is 1.83. The van der Waals surface area contributed by atoms with Crippen molar-refractivity contribution in [2.24, 2.45) is 4.99 Å². The highest BCUT2D eigenvalue weighted by Gasteiger charge is 2.30. The van der Waals surface area contributed by atoms with Crippen LogP contribution >= 0.6 is 11.8 Å². The third-order valence-electron chi connectivity index (χ3n) is 4.26. The number of carbonyl (C=O) groups is 2. The molecule has 1 amide bonds. The molecule has 3 rings (SSSR count). The van der Waals surface area contributed by atoms with Gasteiger partial charge in [-0.05, 0) is 47.0 Å². The van der Waals surface area contributed by atoms with Gasteiger partial charge >= 0.3 is 5.97 Å². The Bertz CT molecular complexity index is 946. The second kappa shape index (κ2) is 7.80. The van der Waals surface area contributed by atoms with Gasteiger partial charge in [-0.1, -0.05) is 50.2 Å². The predicted octanol–water partition coefficient (Wildman–Crippen LogP) is 4.74. The first kappa shape index (κ1) is 18.9. The molecule has 0 spiro atoms. The van der Waals surface area contributed by atoms with Gasteiger partial charge in [0.2, 0.25) is 0 Å². The van der Waals surface area contributed by atoms with E-state index in [1.807, 2.05) is 18.2 Å². The third kappa shape index (κ3) is 4.11. The molecule has 0 aliphatic carbocycles. The van der Waals surface area contributed by atoms with Crippen LogP contribution in [0.4, 0.5) is 5.69 Å². The van der Waals surface area contributed by atoms with Crippen LogP contribution in [-0.2, 0) is 4.79 Å². The number of aliphatic imine (C=N–C) groups is 1. The number of amidine groups is 1. The third-order valence-corrected chi connectivity index (χ3v) is 5.32. The molecule has 0 saturated carbocycles. The zero-order valence-corrected chi connectivity index (χ0v) is 16.2. The number of nitrogens with zero attached hydrogens (tertiary/aromatic N) is 2. The number of thioether (sulfide) groups is 1. The summed E-state index contributed by atoms with van der Waals surface area (Å²) in [6.45, 7) is 4.27. The molecular formula is C21H20N2O3S. The monoisotopic (exact) mass is 380 g/mol. The van der Waals surface area contributed by atoms with Gasteiger partial charge in [0.15, 0.2) is 5.17 Å². The van der Waals surface area contributed by atoms with Gasteiger partial charge < -0.3 is 5.11 Å². The lowest BCUT2D eigenvalue weighted by atomic mass is 10.0. The van der Waals surface area contributed by atoms with E-state index in [1.165, 1.54) is 28.3 Å². The average molecular weight is 380 g/mol. The topological polar surface area (TPSA) is 70.0 Å². The quantitative estimate of drug-likeness (QED) is 0.778. The summed E-state index contributed by atoms with van der Waals surface area (Å²) in [7, 11) is 1.64. The Morgan fingerprint density at radius 1 is 1.15 bits per heavy atom. The summed E-state index contributed by atoms with van der Waals surface area (Å²) >= 11 is 1.24. The number of rotatable bonds is 4. The molecule has 2 aromatic carbocycles. The van der Waals surface area contributed by atoms with Gasteiger partial charge in [-0.3, -0.25) is 9.69 Å². The first-order valence-electron chi connectivity index (χ1n) is 8.55. The number of benzene rings is 2. The Kier molecular flexibility index (Phi) is 5.46. The molecule has 5 nitrogen and oxygen atoms in total. The summed E-state index contributed by atoms with van der Waals surface area (Å²) in [5.74, 6) is -0.749. The van der Waals surface area contributed by atoms with Gasteiger partial charge in [0.1, 0.15) is 0 Å². The molecular weight excluding hydrogens is 360 g/mol. The highest BCUT2D eigenvalue weighted by molar-refractivity contribution is 8.18. The first-order chi connectivity index (χ1) is 12.9. The van der Waals surface area contributed by atoms with Crippen molar-refractivity contribution in [1.29, 1.82) is 0 Å². The van der Waals surface area contributed by atoms with Crippen LogP contribution in [0.5, 0.6) is 0 Å². The number of para-hydroxylation sites is 1. The Morgan fingerprint density at radius 2 is 1.81 bits per heavy atom. The normalized spacial score (nSPS) is 17.3. The van der Waals surface area contributed by atoms with Crippen molar-refractivity contribution >= 4 is 40.6 Å². The van der Waals surface area contributed by atoms with Crippen molar-refractivity contribution in [1.82, 2.24) is 4.90 Å². The van der Waals surface area contributed by atoms with E-state index >= 15 is 0 Å². The van der Waals surface area contributed by atoms with E-state index in [0.29, 0.717) is 21.7 Å². The first-order valence-corrected chi connectivity index (χ1v) is 9.37. The van der Waals surface area contributed by atoms with Crippen molar-refractivity contribution in [3.8, 4) is 0 Å². The maximum Gasteiger partial charge on any atom is 0.337 e. The van der Waals surface area contributed by atoms with Crippen LogP contribution in [0.3, 0.4) is 0 Å². The molecule has 1 aliphatic heterocycles. The Balaban J connectivity index is 1.90. The molecule has 0 unspecified atom stereocenters. The highest BCUT2D eigenvalue weighted by Crippen LogP contribution is 2.34. The van der Waals surface area contributed by atoms with Crippen LogP contribution in [0.2, 0.25) is 0 Å². The van der Waals surface area contributed by atoms with E-state index in [0.717, 1.165) is 5.56 Å². The number of likely N-dealkylation sites (N-methyl/N-ethyl adjacent to an activating group) is 1. The van der Waals surface area contributed by atoms with E-state index in [4.69, 9.17) is 0 Å². The van der Waals surface area contributed by atoms with Crippen LogP contribution in [-0.4, -0.2) is 34.1 Å². The van der Waals surface area contributed by atoms with Crippen LogP contribution in [0.25, 0.3) is 6.08 Å². The van der Waals surface area contributed by atoms with E-state index in [1.54, 1.807) is 25.2 Å². The van der Waals surface area contributed by atoms with Gasteiger partial charge in [-0.15, -0.1) is 0 Å². The molecule has 0 aromatic heterocycles. The Labute approximate surface area is 162 Å². The van der Waals surface area contributed by atoms with E-state index in [2.05, 4.69) is 31.0 Å². The number of hydrogen-bond acceptors (Lipinski definition) is 4. The second-order valence-corrected chi connectivity index (χ2v) is 7.52. The van der Waals surface area contributed by atoms with Crippen LogP contribution in [0, 0.1) is 0 Å². The molecule has 1 fully saturated rings. The maximum atomic E-state index is 12.5. The smallest absolute Gasteiger partial charge is 0.337 e. The van der Waals surface area contributed by atoms with Crippen molar-refractivity contribution in [3.05, 3.63) is 70.1 Å². The largest absolute Gasteiger partial charge is 0.478 e. The molecule has 1 aliphatic rings. The van der Waals surface area contributed by atoms with Crippen LogP contribution in [0.15, 0.2) is 58.4 Å². The summed E-state index contributed by atoms with van der Waals surface area (Å²) in [4.78, 5) is 30.3. The van der Waals surface area contributed by atoms with E-state index in [9.17, 15) is 14.7 Å². The SMILES string of the molecule is CC(C)c1ccc(/C=C2\SC(=Nc3ccccc3C(=O)O)N(C)C2=O)cc1. The molecule has 1 N–H and O–H groups in total. The van der Waals surface area contributed by atoms with Crippen LogP contribution < -0.4 is 0 Å². The van der Waals surface area contributed by atoms with Crippen LogP contribution in [0.1, 0.15) is 41.3 Å². The number of carbonyl (C=O) groups excluding carboxylic acids is 1. The molecule has 0 radical (unpaired) electrons. The fourth-order valence-electron chi connectivity index (χ4n) is 2.64. The minimum Gasteiger partial charge on any atom is -0.478 e. The number of hydrogen-bond donors (Lipinski definition) is 1. The summed E-state index contributed by atoms with van der Waals surface area (Å²) in [5, 5.41) is 9.75. The van der Waals surface area contributed by atoms with Gasteiger partial charge in [-0.2, -0.15) is 0 Å². The maximum absolute atomic E-state index is 12.5. The Hall–Kier alpha value is -2.86. The van der Waals surface area contributed by atoms with Crippen molar-refractivity contribution < 1.29 is 14.7 Å². The number of carboxylic acids is 1. The Morgan fingerprint density at radius 3 is 2.44 bits per heavy atom. The fraction of sp³-hybridized carbons (Fsp3) is 0.190. The lowest BCUT2D eigenvalue weighted by molar-refractivity contribution is -0.121. The van der Waals surface area contributed by atoms with Crippen molar-refractivity contribution in [2.75, 3.05) is 7.05 Å². The minimum absolute atomic E-state index is 0.105. The van der Waals surface area contributed by atoms with E-state index < -0.39 is 5.97 Å². The van der Waals surface area contributed by atoms with Crippen molar-refractivity contribution in [2.45, 2.75) is 19.8 Å². The minimum atomic E-state index is -1.05. The predicted molar refractivity (Wildman–Crippen MR) is 109 cm³/mol. The lowest BCUT2D eigenvalue weighted by Crippen LogP contribution is -2.23. The molecule has 0 atom stereocenters. The standard InChI is InChI=1S/C21H20N2O3S/c1-13(2)15-10-8-14(9-11-15)12-18-19(24)23(3)21(27-18)22-17-7-5-4-6-16(17)20(25)26/h4-13H,1-3H3,(H,25,26)/b18-12-,22-21?. The number of amides is 1. The molecule has 1 heterocycles. The highest BCUT2D eigenvalue weighted by atomic mass is 32.2. The lowest BCUT2D eigenvalue weighted by Gasteiger charge is -2.08. The van der Waals surface area contributed by atoms with Gasteiger partial charge in [0, 0.05) is 7.05 Å². The van der Waals surface area contributed by atoms with Crippen molar-refractivity contribution in [3.63, 3.8) is 0 Å². The molecule has 138 valence electrons. The zero-order chi connectivity index (χ0) is 19.6. The van der Waals surface area contributed by atoms with Gasteiger partial charge in [-0.25, -0.2) is 9.79 Å². The van der Waals surface area contributed by atoms with Gasteiger partial charge in [0.25, 0.3) is 5.91 Å². The molecule has 27 heavy (non-hydrogen) atoms. The molecule has 1 saturated heterocycles. The number of aromatic carboxylic acids is 1.